The second-order valence-corrected chi connectivity index (χ2v) is 2.91. The van der Waals surface area contributed by atoms with Crippen LogP contribution in [0.1, 0.15) is 13.3 Å². The highest BCUT2D eigenvalue weighted by Crippen LogP contribution is 1.93. The maximum atomic E-state index is 8.75. The van der Waals surface area contributed by atoms with Gasteiger partial charge in [0.1, 0.15) is 0 Å². The third-order valence-corrected chi connectivity index (χ3v) is 1.72. The first-order chi connectivity index (χ1) is 5.74. The summed E-state index contributed by atoms with van der Waals surface area (Å²) in [7, 11) is 1.66. The molecule has 1 atom stereocenters. The number of hydrogen-bond acceptors (Lipinski definition) is 4. The molecule has 0 spiro atoms. The van der Waals surface area contributed by atoms with Gasteiger partial charge < -0.3 is 20.3 Å². The smallest absolute Gasteiger partial charge is 0.0607 e. The van der Waals surface area contributed by atoms with Crippen molar-refractivity contribution in [3.8, 4) is 0 Å². The Hall–Kier alpha value is -0.160. The molecule has 1 unspecified atom stereocenters. The fourth-order valence-corrected chi connectivity index (χ4v) is 0.943. The molecule has 0 fully saturated rings. The van der Waals surface area contributed by atoms with E-state index in [1.807, 2.05) is 6.92 Å². The van der Waals surface area contributed by atoms with Gasteiger partial charge >= 0.3 is 0 Å². The molecule has 3 N–H and O–H groups in total. The van der Waals surface area contributed by atoms with Gasteiger partial charge in [-0.3, -0.25) is 0 Å². The van der Waals surface area contributed by atoms with Crippen molar-refractivity contribution in [2.45, 2.75) is 25.4 Å². The average Bonchev–Trinajstić information content (AvgIpc) is 2.10. The fraction of sp³-hybridized carbons (Fsp3) is 1.00. The quantitative estimate of drug-likeness (QED) is 0.484. The van der Waals surface area contributed by atoms with E-state index in [4.69, 9.17) is 14.9 Å². The highest BCUT2D eigenvalue weighted by Gasteiger charge is 2.08. The van der Waals surface area contributed by atoms with Gasteiger partial charge in [-0.25, -0.2) is 0 Å². The van der Waals surface area contributed by atoms with Crippen LogP contribution in [-0.2, 0) is 4.74 Å². The maximum absolute atomic E-state index is 8.75. The number of rotatable bonds is 7. The minimum Gasteiger partial charge on any atom is -0.395 e. The van der Waals surface area contributed by atoms with Gasteiger partial charge in [0.15, 0.2) is 0 Å². The van der Waals surface area contributed by atoms with Gasteiger partial charge in [-0.1, -0.05) is 0 Å². The summed E-state index contributed by atoms with van der Waals surface area (Å²) in [5.41, 5.74) is 0. The zero-order valence-electron chi connectivity index (χ0n) is 7.79. The van der Waals surface area contributed by atoms with Crippen LogP contribution in [0.25, 0.3) is 0 Å². The lowest BCUT2D eigenvalue weighted by Gasteiger charge is -2.19. The number of aliphatic hydroxyl groups is 2. The van der Waals surface area contributed by atoms with Crippen LogP contribution in [0.5, 0.6) is 0 Å². The van der Waals surface area contributed by atoms with Crippen LogP contribution in [0.2, 0.25) is 0 Å². The van der Waals surface area contributed by atoms with E-state index in [1.54, 1.807) is 7.11 Å². The normalized spacial score (nSPS) is 13.8. The molecular formula is C8H19NO3. The minimum absolute atomic E-state index is 0.0339. The third kappa shape index (κ3) is 5.49. The average molecular weight is 177 g/mol. The molecule has 0 aromatic carbocycles. The molecule has 0 saturated heterocycles. The first kappa shape index (κ1) is 11.8. The Morgan fingerprint density at radius 2 is 1.92 bits per heavy atom. The molecule has 0 aromatic heterocycles. The second-order valence-electron chi connectivity index (χ2n) is 2.91. The summed E-state index contributed by atoms with van der Waals surface area (Å²) in [6, 6.07) is 0.0473. The van der Waals surface area contributed by atoms with Crippen LogP contribution in [0.4, 0.5) is 0 Å². The zero-order valence-corrected chi connectivity index (χ0v) is 7.79. The van der Waals surface area contributed by atoms with Crippen molar-refractivity contribution >= 4 is 0 Å². The molecular weight excluding hydrogens is 158 g/mol. The summed E-state index contributed by atoms with van der Waals surface area (Å²) >= 11 is 0. The maximum Gasteiger partial charge on any atom is 0.0607 e. The SMILES string of the molecule is COCCC(C)NC(CO)CO. The van der Waals surface area contributed by atoms with E-state index in [0.717, 1.165) is 6.42 Å². The zero-order chi connectivity index (χ0) is 9.40. The Bertz CT molecular complexity index is 96.3. The van der Waals surface area contributed by atoms with Gasteiger partial charge in [-0.05, 0) is 13.3 Å². The number of methoxy groups -OCH3 is 1. The van der Waals surface area contributed by atoms with Crippen molar-refractivity contribution in [3.63, 3.8) is 0 Å². The van der Waals surface area contributed by atoms with Crippen LogP contribution in [0.3, 0.4) is 0 Å². The molecule has 0 rings (SSSR count). The Labute approximate surface area is 73.5 Å². The molecule has 4 heteroatoms. The summed E-state index contributed by atoms with van der Waals surface area (Å²) in [6.45, 7) is 2.62. The molecule has 12 heavy (non-hydrogen) atoms. The molecule has 0 amide bonds. The van der Waals surface area contributed by atoms with Gasteiger partial charge in [0.05, 0.1) is 19.3 Å². The number of ether oxygens (including phenoxy) is 1. The van der Waals surface area contributed by atoms with Crippen molar-refractivity contribution < 1.29 is 14.9 Å². The monoisotopic (exact) mass is 177 g/mol. The van der Waals surface area contributed by atoms with E-state index in [2.05, 4.69) is 5.32 Å². The third-order valence-electron chi connectivity index (χ3n) is 1.72. The second kappa shape index (κ2) is 7.49. The van der Waals surface area contributed by atoms with Crippen molar-refractivity contribution in [2.75, 3.05) is 26.9 Å². The van der Waals surface area contributed by atoms with Crippen LogP contribution in [0.15, 0.2) is 0 Å². The Kier molecular flexibility index (Phi) is 7.39. The topological polar surface area (TPSA) is 61.7 Å². The van der Waals surface area contributed by atoms with Crippen molar-refractivity contribution in [1.82, 2.24) is 5.32 Å². The molecule has 74 valence electrons. The Balaban J connectivity index is 3.44. The van der Waals surface area contributed by atoms with Crippen LogP contribution in [-0.4, -0.2) is 49.2 Å². The summed E-state index contributed by atoms with van der Waals surface area (Å²) in [6.07, 6.45) is 0.882. The van der Waals surface area contributed by atoms with Crippen LogP contribution in [0, 0.1) is 0 Å². The fourth-order valence-electron chi connectivity index (χ4n) is 0.943. The number of hydrogen-bond donors (Lipinski definition) is 3. The molecule has 0 saturated carbocycles. The lowest BCUT2D eigenvalue weighted by Crippen LogP contribution is -2.41. The lowest BCUT2D eigenvalue weighted by atomic mass is 10.2. The van der Waals surface area contributed by atoms with E-state index >= 15 is 0 Å². The Morgan fingerprint density at radius 3 is 2.33 bits per heavy atom. The molecule has 0 aliphatic heterocycles. The minimum atomic E-state index is -0.211. The van der Waals surface area contributed by atoms with E-state index in [-0.39, 0.29) is 25.3 Å². The lowest BCUT2D eigenvalue weighted by molar-refractivity contribution is 0.148. The first-order valence-electron chi connectivity index (χ1n) is 4.21. The molecule has 4 nitrogen and oxygen atoms in total. The number of nitrogens with one attached hydrogen (secondary N) is 1. The van der Waals surface area contributed by atoms with Crippen molar-refractivity contribution in [2.24, 2.45) is 0 Å². The summed E-state index contributed by atoms with van der Waals surface area (Å²) in [5, 5.41) is 20.6. The van der Waals surface area contributed by atoms with Gasteiger partial charge in [-0.15, -0.1) is 0 Å². The van der Waals surface area contributed by atoms with Gasteiger partial charge in [0.2, 0.25) is 0 Å². The highest BCUT2D eigenvalue weighted by atomic mass is 16.5. The van der Waals surface area contributed by atoms with E-state index in [0.29, 0.717) is 6.61 Å². The molecule has 0 radical (unpaired) electrons. The standard InChI is InChI=1S/C8H19NO3/c1-7(3-4-12-2)9-8(5-10)6-11/h7-11H,3-6H2,1-2H3. The van der Waals surface area contributed by atoms with Crippen molar-refractivity contribution in [1.29, 1.82) is 0 Å². The predicted octanol–water partition coefficient (Wildman–Crippen LogP) is -0.646. The highest BCUT2D eigenvalue weighted by molar-refractivity contribution is 4.69. The molecule has 0 aliphatic rings. The summed E-state index contributed by atoms with van der Waals surface area (Å²) in [5.74, 6) is 0. The van der Waals surface area contributed by atoms with E-state index in [1.165, 1.54) is 0 Å². The first-order valence-corrected chi connectivity index (χ1v) is 4.21. The van der Waals surface area contributed by atoms with E-state index < -0.39 is 0 Å². The molecule has 0 heterocycles. The molecule has 0 aliphatic carbocycles. The molecule has 0 bridgehead atoms. The predicted molar refractivity (Wildman–Crippen MR) is 47.1 cm³/mol. The molecule has 0 aromatic rings. The van der Waals surface area contributed by atoms with Gasteiger partial charge in [0, 0.05) is 19.8 Å². The van der Waals surface area contributed by atoms with Gasteiger partial charge in [0.25, 0.3) is 0 Å². The van der Waals surface area contributed by atoms with Crippen LogP contribution < -0.4 is 5.32 Å². The van der Waals surface area contributed by atoms with Gasteiger partial charge in [-0.2, -0.15) is 0 Å². The largest absolute Gasteiger partial charge is 0.395 e. The Morgan fingerprint density at radius 1 is 1.33 bits per heavy atom. The van der Waals surface area contributed by atoms with E-state index in [9.17, 15) is 0 Å². The van der Waals surface area contributed by atoms with Crippen molar-refractivity contribution in [3.05, 3.63) is 0 Å². The summed E-state index contributed by atoms with van der Waals surface area (Å²) < 4.78 is 4.90. The van der Waals surface area contributed by atoms with Crippen LogP contribution >= 0.6 is 0 Å². The number of aliphatic hydroxyl groups excluding tert-OH is 2. The summed E-state index contributed by atoms with van der Waals surface area (Å²) in [4.78, 5) is 0.